The summed E-state index contributed by atoms with van der Waals surface area (Å²) in [6, 6.07) is 1.26. The lowest BCUT2D eigenvalue weighted by molar-refractivity contribution is -0.106. The standard InChI is InChI=1S/C9H12N6O5/c10-5-1-2-15(8(18)12-5)7-9(19,13-14-11)6(17)4(3-16)20-7/h1-2,4,6-7,16-17,19H,3H2,(H2,10,12,18)/t4-,6-,7-,9-/m1/s1. The normalized spacial score (nSPS) is 32.9. The van der Waals surface area contributed by atoms with Gasteiger partial charge in [-0.1, -0.05) is 5.11 Å². The van der Waals surface area contributed by atoms with Crippen molar-refractivity contribution in [2.45, 2.75) is 24.2 Å². The zero-order valence-electron chi connectivity index (χ0n) is 10.1. The first-order chi connectivity index (χ1) is 9.43. The first-order valence-corrected chi connectivity index (χ1v) is 5.51. The molecule has 0 radical (unpaired) electrons. The number of nitrogens with zero attached hydrogens (tertiary/aromatic N) is 5. The minimum absolute atomic E-state index is 0.0455. The topological polar surface area (TPSA) is 180 Å². The fourth-order valence-corrected chi connectivity index (χ4v) is 1.96. The number of aliphatic hydroxyl groups excluding tert-OH is 2. The number of nitrogens with two attached hydrogens (primary N) is 1. The number of hydrogen-bond donors (Lipinski definition) is 4. The average Bonchev–Trinajstić information content (AvgIpc) is 2.63. The van der Waals surface area contributed by atoms with Crippen LogP contribution in [-0.4, -0.2) is 49.4 Å². The van der Waals surface area contributed by atoms with Crippen molar-refractivity contribution in [3.63, 3.8) is 0 Å². The summed E-state index contributed by atoms with van der Waals surface area (Å²) in [5.41, 5.74) is 10.5. The molecule has 108 valence electrons. The second-order valence-corrected chi connectivity index (χ2v) is 4.17. The van der Waals surface area contributed by atoms with Crippen molar-refractivity contribution in [1.29, 1.82) is 0 Å². The first-order valence-electron chi connectivity index (χ1n) is 5.51. The Morgan fingerprint density at radius 1 is 1.70 bits per heavy atom. The van der Waals surface area contributed by atoms with Crippen molar-refractivity contribution in [1.82, 2.24) is 9.55 Å². The summed E-state index contributed by atoms with van der Waals surface area (Å²) >= 11 is 0. The minimum atomic E-state index is -2.45. The Balaban J connectivity index is 2.53. The van der Waals surface area contributed by atoms with Gasteiger partial charge >= 0.3 is 5.69 Å². The summed E-state index contributed by atoms with van der Waals surface area (Å²) in [4.78, 5) is 17.6. The molecule has 1 aromatic rings. The van der Waals surface area contributed by atoms with Crippen LogP contribution in [0.2, 0.25) is 0 Å². The summed E-state index contributed by atoms with van der Waals surface area (Å²) in [7, 11) is 0. The quantitative estimate of drug-likeness (QED) is 0.283. The van der Waals surface area contributed by atoms with Crippen molar-refractivity contribution in [2.24, 2.45) is 5.11 Å². The van der Waals surface area contributed by atoms with Gasteiger partial charge in [-0.15, -0.1) is 0 Å². The molecule has 2 heterocycles. The molecule has 1 aromatic heterocycles. The molecule has 0 saturated carbocycles. The number of ether oxygens (including phenoxy) is 1. The maximum Gasteiger partial charge on any atom is 0.351 e. The lowest BCUT2D eigenvalue weighted by Crippen LogP contribution is -2.47. The molecular formula is C9H12N6O5. The highest BCUT2D eigenvalue weighted by atomic mass is 16.6. The Bertz CT molecular complexity index is 613. The van der Waals surface area contributed by atoms with Crippen LogP contribution in [-0.2, 0) is 4.74 Å². The molecule has 1 aliphatic rings. The molecule has 0 aliphatic carbocycles. The minimum Gasteiger partial charge on any atom is -0.394 e. The maximum absolute atomic E-state index is 11.7. The highest BCUT2D eigenvalue weighted by Crippen LogP contribution is 2.38. The van der Waals surface area contributed by atoms with E-state index in [0.717, 1.165) is 4.57 Å². The van der Waals surface area contributed by atoms with E-state index in [1.54, 1.807) is 0 Å². The Morgan fingerprint density at radius 2 is 2.40 bits per heavy atom. The van der Waals surface area contributed by atoms with Crippen molar-refractivity contribution in [2.75, 3.05) is 12.3 Å². The first kappa shape index (κ1) is 14.2. The van der Waals surface area contributed by atoms with E-state index in [2.05, 4.69) is 15.0 Å². The monoisotopic (exact) mass is 284 g/mol. The maximum atomic E-state index is 11.7. The molecule has 11 nitrogen and oxygen atoms in total. The molecule has 1 aliphatic heterocycles. The second-order valence-electron chi connectivity index (χ2n) is 4.17. The van der Waals surface area contributed by atoms with Crippen molar-refractivity contribution in [3.05, 3.63) is 33.2 Å². The van der Waals surface area contributed by atoms with Crippen molar-refractivity contribution < 1.29 is 20.1 Å². The molecule has 20 heavy (non-hydrogen) atoms. The van der Waals surface area contributed by atoms with Gasteiger partial charge < -0.3 is 25.8 Å². The van der Waals surface area contributed by atoms with E-state index >= 15 is 0 Å². The van der Waals surface area contributed by atoms with Gasteiger partial charge in [-0.2, -0.15) is 4.98 Å². The van der Waals surface area contributed by atoms with E-state index in [1.807, 2.05) is 0 Å². The number of hydrogen-bond acceptors (Lipinski definition) is 8. The van der Waals surface area contributed by atoms with Gasteiger partial charge in [-0.25, -0.2) is 4.79 Å². The van der Waals surface area contributed by atoms with Gasteiger partial charge in [-0.3, -0.25) is 4.57 Å². The number of aromatic nitrogens is 2. The van der Waals surface area contributed by atoms with Crippen LogP contribution in [0.4, 0.5) is 5.82 Å². The molecule has 0 bridgehead atoms. The third kappa shape index (κ3) is 2.09. The van der Waals surface area contributed by atoms with E-state index in [9.17, 15) is 15.0 Å². The Hall–Kier alpha value is -2.17. The SMILES string of the molecule is [N-]=[N+]=N[C@@]1(O)[C@H](O)[C@@H](CO)O[C@H]1n1ccc(N)nc1=O. The van der Waals surface area contributed by atoms with Crippen molar-refractivity contribution >= 4 is 5.82 Å². The summed E-state index contributed by atoms with van der Waals surface area (Å²) in [5, 5.41) is 32.2. The summed E-state index contributed by atoms with van der Waals surface area (Å²) in [6.45, 7) is -0.641. The lowest BCUT2D eigenvalue weighted by Gasteiger charge is -2.26. The Morgan fingerprint density at radius 3 is 2.95 bits per heavy atom. The van der Waals surface area contributed by atoms with Gasteiger partial charge in [0.15, 0.2) is 6.23 Å². The molecule has 0 amide bonds. The highest BCUT2D eigenvalue weighted by molar-refractivity contribution is 5.23. The average molecular weight is 284 g/mol. The van der Waals surface area contributed by atoms with Crippen LogP contribution in [0.15, 0.2) is 22.2 Å². The number of azide groups is 1. The number of anilines is 1. The predicted octanol–water partition coefficient (Wildman–Crippen LogP) is -1.92. The molecule has 11 heteroatoms. The molecule has 1 fully saturated rings. The van der Waals surface area contributed by atoms with Crippen molar-refractivity contribution in [3.8, 4) is 0 Å². The molecule has 0 spiro atoms. The fourth-order valence-electron chi connectivity index (χ4n) is 1.96. The molecular weight excluding hydrogens is 272 g/mol. The molecule has 0 unspecified atom stereocenters. The molecule has 0 aromatic carbocycles. The summed E-state index contributed by atoms with van der Waals surface area (Å²) in [6.07, 6.45) is -3.30. The van der Waals surface area contributed by atoms with Crippen LogP contribution >= 0.6 is 0 Å². The van der Waals surface area contributed by atoms with E-state index in [4.69, 9.17) is 21.1 Å². The highest BCUT2D eigenvalue weighted by Gasteiger charge is 2.56. The van der Waals surface area contributed by atoms with E-state index < -0.39 is 36.5 Å². The van der Waals surface area contributed by atoms with E-state index in [-0.39, 0.29) is 5.82 Å². The van der Waals surface area contributed by atoms with Gasteiger partial charge in [0.2, 0.25) is 5.72 Å². The number of aliphatic hydroxyl groups is 3. The molecule has 1 saturated heterocycles. The second kappa shape index (κ2) is 5.07. The molecule has 4 atom stereocenters. The molecule has 5 N–H and O–H groups in total. The van der Waals surface area contributed by atoms with E-state index in [1.165, 1.54) is 12.3 Å². The zero-order chi connectivity index (χ0) is 14.9. The number of rotatable bonds is 3. The third-order valence-electron chi connectivity index (χ3n) is 2.94. The van der Waals surface area contributed by atoms with Crippen LogP contribution in [0.5, 0.6) is 0 Å². The lowest BCUT2D eigenvalue weighted by atomic mass is 10.0. The zero-order valence-corrected chi connectivity index (χ0v) is 10.1. The van der Waals surface area contributed by atoms with Crippen LogP contribution in [0.25, 0.3) is 10.4 Å². The van der Waals surface area contributed by atoms with Gasteiger partial charge in [0.25, 0.3) is 0 Å². The van der Waals surface area contributed by atoms with Gasteiger partial charge in [-0.05, 0) is 11.6 Å². The largest absolute Gasteiger partial charge is 0.394 e. The van der Waals surface area contributed by atoms with E-state index in [0.29, 0.717) is 0 Å². The Labute approximate surface area is 111 Å². The predicted molar refractivity (Wildman–Crippen MR) is 64.0 cm³/mol. The fraction of sp³-hybridized carbons (Fsp3) is 0.556. The smallest absolute Gasteiger partial charge is 0.351 e. The summed E-state index contributed by atoms with van der Waals surface area (Å²) < 4.78 is 5.97. The van der Waals surface area contributed by atoms with Crippen LogP contribution in [0, 0.1) is 0 Å². The van der Waals surface area contributed by atoms with Crippen LogP contribution < -0.4 is 11.4 Å². The number of nitrogen functional groups attached to an aromatic ring is 1. The Kier molecular flexibility index (Phi) is 3.61. The third-order valence-corrected chi connectivity index (χ3v) is 2.94. The molecule has 2 rings (SSSR count). The van der Waals surface area contributed by atoms with Crippen LogP contribution in [0.1, 0.15) is 6.23 Å². The van der Waals surface area contributed by atoms with Crippen LogP contribution in [0.3, 0.4) is 0 Å². The van der Waals surface area contributed by atoms with Gasteiger partial charge in [0, 0.05) is 11.1 Å². The van der Waals surface area contributed by atoms with Gasteiger partial charge in [0.05, 0.1) is 6.61 Å². The summed E-state index contributed by atoms with van der Waals surface area (Å²) in [5.74, 6) is -0.0455. The van der Waals surface area contributed by atoms with Gasteiger partial charge in [0.1, 0.15) is 18.0 Å².